The van der Waals surface area contributed by atoms with Crippen molar-refractivity contribution in [1.82, 2.24) is 15.5 Å². The highest BCUT2D eigenvalue weighted by atomic mass is 16.5. The van der Waals surface area contributed by atoms with Crippen molar-refractivity contribution in [3.63, 3.8) is 0 Å². The number of esters is 1. The monoisotopic (exact) mass is 557 g/mol. The van der Waals surface area contributed by atoms with Crippen molar-refractivity contribution in [2.24, 2.45) is 5.92 Å². The number of hydrogen-bond acceptors (Lipinski definition) is 7. The van der Waals surface area contributed by atoms with Crippen LogP contribution in [0.25, 0.3) is 0 Å². The van der Waals surface area contributed by atoms with E-state index in [9.17, 15) is 24.3 Å². The average Bonchev–Trinajstić information content (AvgIpc) is 3.45. The van der Waals surface area contributed by atoms with E-state index < -0.39 is 18.1 Å². The van der Waals surface area contributed by atoms with Gasteiger partial charge in [0.2, 0.25) is 11.8 Å². The van der Waals surface area contributed by atoms with E-state index in [2.05, 4.69) is 10.6 Å². The van der Waals surface area contributed by atoms with Crippen LogP contribution in [0.3, 0.4) is 0 Å². The van der Waals surface area contributed by atoms with Gasteiger partial charge in [-0.15, -0.1) is 0 Å². The summed E-state index contributed by atoms with van der Waals surface area (Å²) >= 11 is 0. The number of alkyl carbamates (subject to hydrolysis) is 1. The molecule has 3 rings (SSSR count). The molecular formula is C30H43N3O7. The maximum atomic E-state index is 13.3. The summed E-state index contributed by atoms with van der Waals surface area (Å²) in [6, 6.07) is 8.84. The topological polar surface area (TPSA) is 134 Å². The smallest absolute Gasteiger partial charge is 0.407 e. The third-order valence-corrected chi connectivity index (χ3v) is 7.29. The first-order valence-electron chi connectivity index (χ1n) is 14.4. The molecule has 0 bridgehead atoms. The molecule has 0 spiro atoms. The van der Waals surface area contributed by atoms with Crippen molar-refractivity contribution in [2.75, 3.05) is 26.3 Å². The van der Waals surface area contributed by atoms with E-state index in [1.807, 2.05) is 42.5 Å². The minimum absolute atomic E-state index is 0.0595. The van der Waals surface area contributed by atoms with E-state index >= 15 is 0 Å². The summed E-state index contributed by atoms with van der Waals surface area (Å²) in [6.07, 6.45) is 9.00. The summed E-state index contributed by atoms with van der Waals surface area (Å²) in [4.78, 5) is 52.1. The second-order valence-corrected chi connectivity index (χ2v) is 10.4. The molecule has 3 N–H and O–H groups in total. The number of carbonyl (C=O) groups is 4. The van der Waals surface area contributed by atoms with Crippen molar-refractivity contribution in [1.29, 1.82) is 0 Å². The lowest BCUT2D eigenvalue weighted by Crippen LogP contribution is -2.44. The number of benzene rings is 1. The predicted molar refractivity (Wildman–Crippen MR) is 149 cm³/mol. The number of aliphatic hydroxyl groups is 1. The van der Waals surface area contributed by atoms with Crippen molar-refractivity contribution < 1.29 is 33.8 Å². The van der Waals surface area contributed by atoms with Crippen LogP contribution in [-0.4, -0.2) is 72.3 Å². The number of allylic oxidation sites excluding steroid dienone is 2. The number of amides is 3. The van der Waals surface area contributed by atoms with Crippen LogP contribution in [-0.2, 0) is 30.5 Å². The number of carbonyl (C=O) groups excluding carboxylic acids is 4. The summed E-state index contributed by atoms with van der Waals surface area (Å²) in [5.74, 6) is -1.22. The van der Waals surface area contributed by atoms with Gasteiger partial charge in [0.15, 0.2) is 0 Å². The van der Waals surface area contributed by atoms with Gasteiger partial charge in [-0.25, -0.2) is 4.79 Å². The molecule has 2 aliphatic heterocycles. The fourth-order valence-electron chi connectivity index (χ4n) is 4.97. The minimum atomic E-state index is -0.552. The number of nitrogens with zero attached hydrogens (tertiary/aromatic N) is 1. The number of unbranched alkanes of at least 4 members (excludes halogenated alkanes) is 1. The van der Waals surface area contributed by atoms with Crippen LogP contribution in [0.4, 0.5) is 4.79 Å². The zero-order valence-corrected chi connectivity index (χ0v) is 23.2. The highest BCUT2D eigenvalue weighted by Gasteiger charge is 2.31. The molecule has 1 aromatic carbocycles. The van der Waals surface area contributed by atoms with Gasteiger partial charge in [0, 0.05) is 25.9 Å². The van der Waals surface area contributed by atoms with Crippen LogP contribution >= 0.6 is 0 Å². The van der Waals surface area contributed by atoms with Gasteiger partial charge in [0.05, 0.1) is 24.6 Å². The van der Waals surface area contributed by atoms with Crippen molar-refractivity contribution >= 4 is 23.9 Å². The molecule has 2 heterocycles. The van der Waals surface area contributed by atoms with E-state index in [0.717, 1.165) is 18.4 Å². The zero-order chi connectivity index (χ0) is 28.6. The van der Waals surface area contributed by atoms with Crippen LogP contribution in [0.2, 0.25) is 0 Å². The van der Waals surface area contributed by atoms with Crippen LogP contribution in [0, 0.1) is 5.92 Å². The van der Waals surface area contributed by atoms with E-state index in [-0.39, 0.29) is 50.1 Å². The molecular weight excluding hydrogens is 514 g/mol. The second kappa shape index (κ2) is 17.3. The molecule has 0 radical (unpaired) electrons. The molecule has 0 aromatic heterocycles. The molecule has 40 heavy (non-hydrogen) atoms. The van der Waals surface area contributed by atoms with Gasteiger partial charge < -0.3 is 30.1 Å². The molecule has 3 unspecified atom stereocenters. The Morgan fingerprint density at radius 1 is 1.12 bits per heavy atom. The molecule has 0 saturated carbocycles. The Balaban J connectivity index is 1.49. The quantitative estimate of drug-likeness (QED) is 0.228. The second-order valence-electron chi connectivity index (χ2n) is 10.4. The third-order valence-electron chi connectivity index (χ3n) is 7.29. The molecule has 2 aliphatic rings. The molecule has 0 aliphatic carbocycles. The molecule has 3 amide bonds. The molecule has 10 nitrogen and oxygen atoms in total. The van der Waals surface area contributed by atoms with Crippen LogP contribution in [0.5, 0.6) is 0 Å². The number of likely N-dealkylation sites (tertiary alicyclic amines) is 1. The van der Waals surface area contributed by atoms with Gasteiger partial charge in [-0.05, 0) is 56.9 Å². The standard InChI is InChI=1S/C30H43N3O7/c34-20-26-15-10-18-33(26)27(35)19-24-13-6-1-2-7-16-28(36)39-22-25(32-29(24)37)14-8-9-17-31-30(38)40-21-23-11-4-3-5-12-23/h1,3-6,11-12,24-26,34H,2,7-10,13-22H2,(H,31,38)(H,32,37). The van der Waals surface area contributed by atoms with Crippen LogP contribution in [0.15, 0.2) is 42.5 Å². The van der Waals surface area contributed by atoms with Crippen molar-refractivity contribution in [2.45, 2.75) is 82.9 Å². The van der Waals surface area contributed by atoms with Gasteiger partial charge in [0.25, 0.3) is 0 Å². The molecule has 10 heteroatoms. The number of hydrogen-bond donors (Lipinski definition) is 3. The van der Waals surface area contributed by atoms with Gasteiger partial charge in [-0.1, -0.05) is 42.5 Å². The van der Waals surface area contributed by atoms with Crippen LogP contribution in [0.1, 0.15) is 69.8 Å². The lowest BCUT2D eigenvalue weighted by Gasteiger charge is -2.26. The molecule has 1 aromatic rings. The Morgan fingerprint density at radius 2 is 1.95 bits per heavy atom. The van der Waals surface area contributed by atoms with Gasteiger partial charge in [0.1, 0.15) is 13.2 Å². The molecule has 220 valence electrons. The number of rotatable bonds is 10. The SMILES string of the molecule is O=C1CCCC=CCC(CC(=O)N2CCCC2CO)C(=O)NC(CCCCNC(=O)OCc2ccccc2)CO1. The largest absolute Gasteiger partial charge is 0.463 e. The molecule has 1 saturated heterocycles. The summed E-state index contributed by atoms with van der Waals surface area (Å²) in [5.41, 5.74) is 0.908. The van der Waals surface area contributed by atoms with Gasteiger partial charge in [-0.3, -0.25) is 14.4 Å². The average molecular weight is 558 g/mol. The van der Waals surface area contributed by atoms with Crippen molar-refractivity contribution in [3.05, 3.63) is 48.0 Å². The number of ether oxygens (including phenoxy) is 2. The normalized spacial score (nSPS) is 22.3. The first kappa shape index (κ1) is 31.1. The minimum Gasteiger partial charge on any atom is -0.463 e. The Labute approximate surface area is 236 Å². The fourth-order valence-corrected chi connectivity index (χ4v) is 4.97. The highest BCUT2D eigenvalue weighted by molar-refractivity contribution is 5.86. The van der Waals surface area contributed by atoms with Gasteiger partial charge in [-0.2, -0.15) is 0 Å². The van der Waals surface area contributed by atoms with Crippen molar-refractivity contribution in [3.8, 4) is 0 Å². The number of nitrogens with one attached hydrogen (secondary N) is 2. The Morgan fingerprint density at radius 3 is 2.75 bits per heavy atom. The summed E-state index contributed by atoms with van der Waals surface area (Å²) in [6.45, 7) is 1.20. The summed E-state index contributed by atoms with van der Waals surface area (Å²) in [7, 11) is 0. The first-order chi connectivity index (χ1) is 19.5. The lowest BCUT2D eigenvalue weighted by molar-refractivity contribution is -0.145. The zero-order valence-electron chi connectivity index (χ0n) is 23.2. The summed E-state index contributed by atoms with van der Waals surface area (Å²) < 4.78 is 10.7. The number of cyclic esters (lactones) is 1. The van der Waals surface area contributed by atoms with E-state index in [1.165, 1.54) is 0 Å². The number of aliphatic hydroxyl groups excluding tert-OH is 1. The van der Waals surface area contributed by atoms with Gasteiger partial charge >= 0.3 is 12.1 Å². The maximum absolute atomic E-state index is 13.3. The first-order valence-corrected chi connectivity index (χ1v) is 14.4. The Hall–Kier alpha value is -3.40. The van der Waals surface area contributed by atoms with Crippen LogP contribution < -0.4 is 10.6 Å². The highest BCUT2D eigenvalue weighted by Crippen LogP contribution is 2.21. The fraction of sp³-hybridized carbons (Fsp3) is 0.600. The van der Waals surface area contributed by atoms with E-state index in [0.29, 0.717) is 58.0 Å². The van der Waals surface area contributed by atoms with E-state index in [4.69, 9.17) is 9.47 Å². The molecule has 1 fully saturated rings. The third kappa shape index (κ3) is 11.0. The predicted octanol–water partition coefficient (Wildman–Crippen LogP) is 3.23. The summed E-state index contributed by atoms with van der Waals surface area (Å²) in [5, 5.41) is 15.3. The molecule has 3 atom stereocenters. The lowest BCUT2D eigenvalue weighted by atomic mass is 9.97. The van der Waals surface area contributed by atoms with E-state index in [1.54, 1.807) is 4.90 Å². The Bertz CT molecular complexity index is 985. The Kier molecular flexibility index (Phi) is 13.5. The maximum Gasteiger partial charge on any atom is 0.407 e.